The van der Waals surface area contributed by atoms with Crippen LogP contribution in [0.4, 0.5) is 0 Å². The van der Waals surface area contributed by atoms with E-state index in [4.69, 9.17) is 25.2 Å². The molecule has 0 aliphatic carbocycles. The molecule has 0 atom stereocenters. The minimum Gasteiger partial charge on any atom is -0.493 e. The molecule has 3 N–H and O–H groups in total. The molecule has 0 bridgehead atoms. The fourth-order valence-electron chi connectivity index (χ4n) is 1.47. The van der Waals surface area contributed by atoms with Crippen molar-refractivity contribution < 1.29 is 19.4 Å². The Bertz CT molecular complexity index is 440. The summed E-state index contributed by atoms with van der Waals surface area (Å²) in [5.74, 6) is 0.582. The van der Waals surface area contributed by atoms with Crippen molar-refractivity contribution in [3.63, 3.8) is 0 Å². The summed E-state index contributed by atoms with van der Waals surface area (Å²) in [7, 11) is 1.63. The minimum atomic E-state index is 0.0117. The van der Waals surface area contributed by atoms with E-state index < -0.39 is 0 Å². The highest BCUT2D eigenvalue weighted by Crippen LogP contribution is 2.23. The van der Waals surface area contributed by atoms with Gasteiger partial charge in [-0.05, 0) is 18.2 Å². The number of amidine groups is 1. The first kappa shape index (κ1) is 16.7. The van der Waals surface area contributed by atoms with E-state index in [9.17, 15) is 0 Å². The molecule has 0 saturated carbocycles. The quantitative estimate of drug-likeness (QED) is 0.235. The number of benzene rings is 1. The lowest BCUT2D eigenvalue weighted by molar-refractivity contribution is 0.0644. The molecule has 1 aromatic carbocycles. The Morgan fingerprint density at radius 1 is 1.30 bits per heavy atom. The minimum absolute atomic E-state index is 0.0117. The predicted octanol–water partition coefficient (Wildman–Crippen LogP) is 1.98. The van der Waals surface area contributed by atoms with Crippen LogP contribution in [0.1, 0.15) is 12.0 Å². The molecule has 7 heteroatoms. The van der Waals surface area contributed by atoms with Gasteiger partial charge >= 0.3 is 0 Å². The van der Waals surface area contributed by atoms with Crippen molar-refractivity contribution in [3.05, 3.63) is 28.2 Å². The van der Waals surface area contributed by atoms with Gasteiger partial charge < -0.3 is 25.2 Å². The molecule has 20 heavy (non-hydrogen) atoms. The molecule has 1 rings (SSSR count). The first-order valence-corrected chi connectivity index (χ1v) is 6.95. The standard InChI is InChI=1S/C13H19BrN2O4/c1-18-7-8-19-5-2-6-20-12-4-3-10(14)9-11(12)13(15)16-17/h3-4,9,17H,2,5-8H2,1H3,(H2,15,16). The second kappa shape index (κ2) is 9.57. The molecule has 6 nitrogen and oxygen atoms in total. The van der Waals surface area contributed by atoms with Crippen LogP contribution in [-0.2, 0) is 9.47 Å². The lowest BCUT2D eigenvalue weighted by Crippen LogP contribution is -2.15. The van der Waals surface area contributed by atoms with Crippen LogP contribution in [0.5, 0.6) is 5.75 Å². The third kappa shape index (κ3) is 5.77. The van der Waals surface area contributed by atoms with Crippen molar-refractivity contribution in [3.8, 4) is 5.75 Å². The zero-order valence-corrected chi connectivity index (χ0v) is 12.9. The molecular formula is C13H19BrN2O4. The second-order valence-corrected chi connectivity index (χ2v) is 4.85. The molecule has 0 aliphatic heterocycles. The van der Waals surface area contributed by atoms with E-state index >= 15 is 0 Å². The average Bonchev–Trinajstić information content (AvgIpc) is 2.46. The molecule has 0 heterocycles. The highest BCUT2D eigenvalue weighted by Gasteiger charge is 2.09. The summed E-state index contributed by atoms with van der Waals surface area (Å²) in [5, 5.41) is 11.7. The van der Waals surface area contributed by atoms with E-state index in [1.54, 1.807) is 19.2 Å². The lowest BCUT2D eigenvalue weighted by atomic mass is 10.2. The molecule has 0 spiro atoms. The highest BCUT2D eigenvalue weighted by atomic mass is 79.9. The first-order valence-electron chi connectivity index (χ1n) is 6.16. The van der Waals surface area contributed by atoms with Crippen LogP contribution in [0.2, 0.25) is 0 Å². The Morgan fingerprint density at radius 2 is 2.10 bits per heavy atom. The maximum Gasteiger partial charge on any atom is 0.173 e. The van der Waals surface area contributed by atoms with Crippen LogP contribution in [0.25, 0.3) is 0 Å². The van der Waals surface area contributed by atoms with Gasteiger partial charge in [-0.1, -0.05) is 21.1 Å². The van der Waals surface area contributed by atoms with Gasteiger partial charge in [-0.3, -0.25) is 0 Å². The van der Waals surface area contributed by atoms with Gasteiger partial charge in [0.15, 0.2) is 5.84 Å². The third-order valence-corrected chi connectivity index (χ3v) is 2.94. The topological polar surface area (TPSA) is 86.3 Å². The van der Waals surface area contributed by atoms with Crippen molar-refractivity contribution in [2.24, 2.45) is 10.9 Å². The number of oxime groups is 1. The Balaban J connectivity index is 2.43. The van der Waals surface area contributed by atoms with Crippen molar-refractivity contribution >= 4 is 21.8 Å². The maximum absolute atomic E-state index is 8.76. The fourth-order valence-corrected chi connectivity index (χ4v) is 1.83. The number of nitrogens with two attached hydrogens (primary N) is 1. The van der Waals surface area contributed by atoms with Gasteiger partial charge in [-0.2, -0.15) is 0 Å². The van der Waals surface area contributed by atoms with Crippen LogP contribution in [-0.4, -0.2) is 44.6 Å². The van der Waals surface area contributed by atoms with Gasteiger partial charge in [0.25, 0.3) is 0 Å². The van der Waals surface area contributed by atoms with E-state index in [-0.39, 0.29) is 5.84 Å². The van der Waals surface area contributed by atoms with Crippen LogP contribution in [0.15, 0.2) is 27.8 Å². The summed E-state index contributed by atoms with van der Waals surface area (Å²) in [6.45, 7) is 2.24. The van der Waals surface area contributed by atoms with Crippen LogP contribution < -0.4 is 10.5 Å². The summed E-state index contributed by atoms with van der Waals surface area (Å²) in [6.07, 6.45) is 0.745. The Hall–Kier alpha value is -1.31. The zero-order chi connectivity index (χ0) is 14.8. The van der Waals surface area contributed by atoms with Crippen LogP contribution >= 0.6 is 15.9 Å². The van der Waals surface area contributed by atoms with E-state index in [0.29, 0.717) is 37.7 Å². The molecule has 112 valence electrons. The number of hydrogen-bond donors (Lipinski definition) is 2. The number of halogens is 1. The number of methoxy groups -OCH3 is 1. The van der Waals surface area contributed by atoms with Crippen LogP contribution in [0, 0.1) is 0 Å². The summed E-state index contributed by atoms with van der Waals surface area (Å²) >= 11 is 3.33. The molecular weight excluding hydrogens is 328 g/mol. The molecule has 0 fully saturated rings. The van der Waals surface area contributed by atoms with E-state index in [2.05, 4.69) is 21.1 Å². The highest BCUT2D eigenvalue weighted by molar-refractivity contribution is 9.10. The smallest absolute Gasteiger partial charge is 0.173 e. The molecule has 1 aromatic rings. The van der Waals surface area contributed by atoms with E-state index in [1.165, 1.54) is 0 Å². The number of ether oxygens (including phenoxy) is 3. The van der Waals surface area contributed by atoms with Gasteiger partial charge in [0.05, 0.1) is 25.4 Å². The molecule has 0 unspecified atom stereocenters. The molecule has 0 aliphatic rings. The normalized spacial score (nSPS) is 11.6. The average molecular weight is 347 g/mol. The summed E-state index contributed by atoms with van der Waals surface area (Å²) < 4.78 is 16.6. The van der Waals surface area contributed by atoms with Crippen molar-refractivity contribution in [1.29, 1.82) is 0 Å². The summed E-state index contributed by atoms with van der Waals surface area (Å²) in [5.41, 5.74) is 6.15. The van der Waals surface area contributed by atoms with Gasteiger partial charge in [0.1, 0.15) is 5.75 Å². The number of rotatable bonds is 9. The Labute approximate surface area is 126 Å². The summed E-state index contributed by atoms with van der Waals surface area (Å²) in [4.78, 5) is 0. The van der Waals surface area contributed by atoms with Crippen LogP contribution in [0.3, 0.4) is 0 Å². The molecule has 0 saturated heterocycles. The third-order valence-electron chi connectivity index (χ3n) is 2.45. The zero-order valence-electron chi connectivity index (χ0n) is 11.3. The number of hydrogen-bond acceptors (Lipinski definition) is 5. The Kier molecular flexibility index (Phi) is 8.01. The number of nitrogens with zero attached hydrogens (tertiary/aromatic N) is 1. The van der Waals surface area contributed by atoms with Gasteiger partial charge in [-0.15, -0.1) is 0 Å². The van der Waals surface area contributed by atoms with Gasteiger partial charge in [-0.25, -0.2) is 0 Å². The van der Waals surface area contributed by atoms with Crippen molar-refractivity contribution in [2.45, 2.75) is 6.42 Å². The van der Waals surface area contributed by atoms with E-state index in [1.807, 2.05) is 6.07 Å². The summed E-state index contributed by atoms with van der Waals surface area (Å²) in [6, 6.07) is 5.33. The van der Waals surface area contributed by atoms with Gasteiger partial charge in [0, 0.05) is 24.6 Å². The monoisotopic (exact) mass is 346 g/mol. The predicted molar refractivity (Wildman–Crippen MR) is 79.5 cm³/mol. The van der Waals surface area contributed by atoms with E-state index in [0.717, 1.165) is 10.9 Å². The largest absolute Gasteiger partial charge is 0.493 e. The van der Waals surface area contributed by atoms with Crippen molar-refractivity contribution in [2.75, 3.05) is 33.5 Å². The molecule has 0 amide bonds. The first-order chi connectivity index (χ1) is 9.69. The SMILES string of the molecule is COCCOCCCOc1ccc(Br)cc1/C(N)=N/O. The van der Waals surface area contributed by atoms with Gasteiger partial charge in [0.2, 0.25) is 0 Å². The fraction of sp³-hybridized carbons (Fsp3) is 0.462. The lowest BCUT2D eigenvalue weighted by Gasteiger charge is -2.11. The molecule has 0 aromatic heterocycles. The maximum atomic E-state index is 8.76. The Morgan fingerprint density at radius 3 is 2.80 bits per heavy atom. The molecule has 0 radical (unpaired) electrons. The second-order valence-electron chi connectivity index (χ2n) is 3.93. The van der Waals surface area contributed by atoms with Crippen molar-refractivity contribution in [1.82, 2.24) is 0 Å².